The van der Waals surface area contributed by atoms with Crippen LogP contribution in [0.25, 0.3) is 5.65 Å². The summed E-state index contributed by atoms with van der Waals surface area (Å²) in [5, 5.41) is 3.06. The molecule has 0 bridgehead atoms. The van der Waals surface area contributed by atoms with Crippen LogP contribution in [-0.2, 0) is 16.0 Å². The molecule has 4 rings (SSSR count). The summed E-state index contributed by atoms with van der Waals surface area (Å²) in [6.45, 7) is 5.77. The molecule has 1 fully saturated rings. The number of nitrogens with zero attached hydrogens (tertiary/aromatic N) is 3. The fourth-order valence-electron chi connectivity index (χ4n) is 3.66. The molecule has 3 aromatic rings. The van der Waals surface area contributed by atoms with Crippen LogP contribution in [0.1, 0.15) is 19.5 Å². The van der Waals surface area contributed by atoms with E-state index >= 15 is 0 Å². The molecule has 0 radical (unpaired) electrons. The highest BCUT2D eigenvalue weighted by atomic mass is 16.5. The van der Waals surface area contributed by atoms with E-state index in [-0.39, 0.29) is 24.5 Å². The van der Waals surface area contributed by atoms with Crippen molar-refractivity contribution in [2.45, 2.75) is 32.5 Å². The van der Waals surface area contributed by atoms with Gasteiger partial charge >= 0.3 is 0 Å². The highest BCUT2D eigenvalue weighted by Crippen LogP contribution is 2.28. The van der Waals surface area contributed by atoms with E-state index < -0.39 is 0 Å². The summed E-state index contributed by atoms with van der Waals surface area (Å²) >= 11 is 0. The predicted molar refractivity (Wildman–Crippen MR) is 106 cm³/mol. The Balaban J connectivity index is 1.49. The predicted octanol–water partition coefficient (Wildman–Crippen LogP) is 3.13. The van der Waals surface area contributed by atoms with Gasteiger partial charge in [0.2, 0.25) is 5.91 Å². The van der Waals surface area contributed by atoms with Gasteiger partial charge in [0.1, 0.15) is 5.65 Å². The number of ether oxygens (including phenoxy) is 1. The molecule has 1 aliphatic heterocycles. The Bertz CT molecular complexity index is 909. The zero-order chi connectivity index (χ0) is 18.8. The molecule has 3 heterocycles. The summed E-state index contributed by atoms with van der Waals surface area (Å²) in [6.07, 6.45) is 4.39. The molecule has 6 heteroatoms. The van der Waals surface area contributed by atoms with Crippen molar-refractivity contribution in [1.82, 2.24) is 9.38 Å². The molecule has 1 aliphatic rings. The highest BCUT2D eigenvalue weighted by Gasteiger charge is 2.24. The van der Waals surface area contributed by atoms with Crippen LogP contribution in [0.4, 0.5) is 11.4 Å². The van der Waals surface area contributed by atoms with Gasteiger partial charge in [0.15, 0.2) is 0 Å². The lowest BCUT2D eigenvalue weighted by Gasteiger charge is -2.37. The van der Waals surface area contributed by atoms with E-state index in [1.165, 1.54) is 0 Å². The van der Waals surface area contributed by atoms with Crippen molar-refractivity contribution in [3.8, 4) is 0 Å². The molecule has 1 aromatic carbocycles. The fraction of sp³-hybridized carbons (Fsp3) is 0.333. The molecular formula is C21H24N4O2. The molecule has 0 aliphatic carbocycles. The third-order valence-electron chi connectivity index (χ3n) is 4.69. The number of para-hydroxylation sites is 2. The Kier molecular flexibility index (Phi) is 4.81. The van der Waals surface area contributed by atoms with E-state index in [0.29, 0.717) is 0 Å². The second kappa shape index (κ2) is 7.40. The second-order valence-corrected chi connectivity index (χ2v) is 7.10. The average Bonchev–Trinajstić information content (AvgIpc) is 3.03. The average molecular weight is 364 g/mol. The number of imidazole rings is 1. The van der Waals surface area contributed by atoms with E-state index in [9.17, 15) is 4.79 Å². The molecule has 2 aromatic heterocycles. The van der Waals surface area contributed by atoms with Crippen LogP contribution in [-0.4, -0.2) is 40.6 Å². The van der Waals surface area contributed by atoms with Gasteiger partial charge < -0.3 is 19.4 Å². The number of carbonyl (C=O) groups is 1. The van der Waals surface area contributed by atoms with Crippen molar-refractivity contribution in [3.05, 3.63) is 60.6 Å². The molecular weight excluding hydrogens is 340 g/mol. The Morgan fingerprint density at radius 3 is 2.67 bits per heavy atom. The van der Waals surface area contributed by atoms with Crippen LogP contribution in [0.3, 0.4) is 0 Å². The van der Waals surface area contributed by atoms with Gasteiger partial charge in [-0.05, 0) is 38.1 Å². The maximum absolute atomic E-state index is 12.6. The number of rotatable bonds is 4. The van der Waals surface area contributed by atoms with E-state index in [0.717, 1.165) is 35.8 Å². The number of anilines is 2. The summed E-state index contributed by atoms with van der Waals surface area (Å²) in [7, 11) is 0. The van der Waals surface area contributed by atoms with Crippen LogP contribution in [0.2, 0.25) is 0 Å². The van der Waals surface area contributed by atoms with Crippen molar-refractivity contribution >= 4 is 22.9 Å². The second-order valence-electron chi connectivity index (χ2n) is 7.10. The summed E-state index contributed by atoms with van der Waals surface area (Å²) < 4.78 is 7.75. The molecule has 140 valence electrons. The smallest absolute Gasteiger partial charge is 0.230 e. The third kappa shape index (κ3) is 3.95. The molecule has 27 heavy (non-hydrogen) atoms. The lowest BCUT2D eigenvalue weighted by molar-refractivity contribution is -0.115. The number of fused-ring (bicyclic) bond motifs is 1. The number of benzene rings is 1. The Morgan fingerprint density at radius 2 is 1.89 bits per heavy atom. The van der Waals surface area contributed by atoms with Gasteiger partial charge in [-0.15, -0.1) is 0 Å². The number of nitrogens with one attached hydrogen (secondary N) is 1. The van der Waals surface area contributed by atoms with Crippen LogP contribution < -0.4 is 10.2 Å². The minimum absolute atomic E-state index is 0.0692. The summed E-state index contributed by atoms with van der Waals surface area (Å²) in [5.74, 6) is -0.0692. The Labute approximate surface area is 158 Å². The number of aromatic nitrogens is 2. The molecule has 2 atom stereocenters. The van der Waals surface area contributed by atoms with Crippen LogP contribution in [0, 0.1) is 0 Å². The molecule has 2 unspecified atom stereocenters. The maximum atomic E-state index is 12.6. The molecule has 1 saturated heterocycles. The first kappa shape index (κ1) is 17.5. The van der Waals surface area contributed by atoms with Crippen LogP contribution in [0.5, 0.6) is 0 Å². The zero-order valence-electron chi connectivity index (χ0n) is 15.6. The van der Waals surface area contributed by atoms with Crippen LogP contribution >= 0.6 is 0 Å². The van der Waals surface area contributed by atoms with E-state index in [2.05, 4.69) is 29.0 Å². The maximum Gasteiger partial charge on any atom is 0.230 e. The molecule has 0 spiro atoms. The van der Waals surface area contributed by atoms with Crippen molar-refractivity contribution in [3.63, 3.8) is 0 Å². The van der Waals surface area contributed by atoms with E-state index in [1.807, 2.05) is 59.3 Å². The monoisotopic (exact) mass is 364 g/mol. The lowest BCUT2D eigenvalue weighted by atomic mass is 10.1. The van der Waals surface area contributed by atoms with Gasteiger partial charge in [-0.25, -0.2) is 4.98 Å². The largest absolute Gasteiger partial charge is 0.372 e. The number of morpholine rings is 1. The molecule has 1 amide bonds. The third-order valence-corrected chi connectivity index (χ3v) is 4.69. The Morgan fingerprint density at radius 1 is 1.15 bits per heavy atom. The van der Waals surface area contributed by atoms with Gasteiger partial charge in [-0.2, -0.15) is 0 Å². The fourth-order valence-corrected chi connectivity index (χ4v) is 3.66. The SMILES string of the molecule is CC1CN(c2ccccc2NC(=O)Cc2cn3ccccc3n2)CC(C)O1. The zero-order valence-corrected chi connectivity index (χ0v) is 15.6. The summed E-state index contributed by atoms with van der Waals surface area (Å²) in [4.78, 5) is 19.4. The van der Waals surface area contributed by atoms with Gasteiger partial charge in [-0.3, -0.25) is 4.79 Å². The highest BCUT2D eigenvalue weighted by molar-refractivity contribution is 5.95. The number of pyridine rings is 1. The molecule has 1 N–H and O–H groups in total. The number of carbonyl (C=O) groups excluding carboxylic acids is 1. The molecule has 0 saturated carbocycles. The van der Waals surface area contributed by atoms with Gasteiger partial charge in [-0.1, -0.05) is 18.2 Å². The lowest BCUT2D eigenvalue weighted by Crippen LogP contribution is -2.45. The summed E-state index contributed by atoms with van der Waals surface area (Å²) in [6, 6.07) is 13.7. The van der Waals surface area contributed by atoms with E-state index in [4.69, 9.17) is 4.74 Å². The van der Waals surface area contributed by atoms with Crippen molar-refractivity contribution in [2.75, 3.05) is 23.3 Å². The van der Waals surface area contributed by atoms with Gasteiger partial charge in [0.05, 0.1) is 35.7 Å². The van der Waals surface area contributed by atoms with Crippen molar-refractivity contribution in [1.29, 1.82) is 0 Å². The van der Waals surface area contributed by atoms with Crippen molar-refractivity contribution < 1.29 is 9.53 Å². The Hall–Kier alpha value is -2.86. The normalized spacial score (nSPS) is 20.0. The quantitative estimate of drug-likeness (QED) is 0.773. The number of hydrogen-bond acceptors (Lipinski definition) is 4. The minimum atomic E-state index is -0.0692. The number of hydrogen-bond donors (Lipinski definition) is 1. The summed E-state index contributed by atoms with van der Waals surface area (Å²) in [5.41, 5.74) is 3.46. The first-order valence-corrected chi connectivity index (χ1v) is 9.30. The standard InChI is InChI=1S/C21H24N4O2/c1-15-12-25(13-16(2)27-15)19-8-4-3-7-18(19)23-21(26)11-17-14-24-10-6-5-9-20(24)22-17/h3-10,14-16H,11-13H2,1-2H3,(H,23,26). The van der Waals surface area contributed by atoms with Gasteiger partial charge in [0, 0.05) is 25.5 Å². The minimum Gasteiger partial charge on any atom is -0.372 e. The first-order valence-electron chi connectivity index (χ1n) is 9.30. The van der Waals surface area contributed by atoms with E-state index in [1.54, 1.807) is 0 Å². The molecule has 6 nitrogen and oxygen atoms in total. The number of amides is 1. The van der Waals surface area contributed by atoms with Gasteiger partial charge in [0.25, 0.3) is 0 Å². The van der Waals surface area contributed by atoms with Crippen LogP contribution in [0.15, 0.2) is 54.9 Å². The topological polar surface area (TPSA) is 58.9 Å². The first-order chi connectivity index (χ1) is 13.1. The van der Waals surface area contributed by atoms with Crippen molar-refractivity contribution in [2.24, 2.45) is 0 Å².